The zero-order chi connectivity index (χ0) is 12.3. The number of para-hydroxylation sites is 1. The van der Waals surface area contributed by atoms with E-state index in [0.29, 0.717) is 6.54 Å². The van der Waals surface area contributed by atoms with Gasteiger partial charge in [0.2, 0.25) is 0 Å². The van der Waals surface area contributed by atoms with Crippen LogP contribution in [0.5, 0.6) is 0 Å². The molecule has 0 saturated carbocycles. The molecule has 0 saturated heterocycles. The van der Waals surface area contributed by atoms with Crippen LogP contribution in [-0.4, -0.2) is 22.7 Å². The van der Waals surface area contributed by atoms with Crippen molar-refractivity contribution in [1.29, 1.82) is 0 Å². The van der Waals surface area contributed by atoms with Gasteiger partial charge in [-0.15, -0.1) is 0 Å². The van der Waals surface area contributed by atoms with Gasteiger partial charge in [0, 0.05) is 29.2 Å². The first kappa shape index (κ1) is 12.4. The summed E-state index contributed by atoms with van der Waals surface area (Å²) in [6.45, 7) is 2.83. The number of hydrogen-bond donors (Lipinski definition) is 3. The van der Waals surface area contributed by atoms with Gasteiger partial charge in [-0.05, 0) is 12.5 Å². The van der Waals surface area contributed by atoms with Crippen LogP contribution in [0.15, 0.2) is 24.3 Å². The van der Waals surface area contributed by atoms with Crippen molar-refractivity contribution in [1.82, 2.24) is 10.3 Å². The highest BCUT2D eigenvalue weighted by Gasteiger charge is 2.10. The second-order valence-corrected chi connectivity index (χ2v) is 4.51. The van der Waals surface area contributed by atoms with Gasteiger partial charge in [-0.25, -0.2) is 0 Å². The number of fused-ring (bicyclic) bond motifs is 1. The van der Waals surface area contributed by atoms with E-state index in [1.807, 2.05) is 31.2 Å². The van der Waals surface area contributed by atoms with Crippen molar-refractivity contribution >= 4 is 22.5 Å². The number of H-pyrrole nitrogens is 1. The summed E-state index contributed by atoms with van der Waals surface area (Å²) in [5.41, 5.74) is 2.02. The average Bonchev–Trinajstić information content (AvgIpc) is 2.68. The molecule has 2 rings (SSSR count). The van der Waals surface area contributed by atoms with Crippen LogP contribution in [0.25, 0.3) is 10.9 Å². The van der Waals surface area contributed by atoms with Crippen molar-refractivity contribution in [2.24, 2.45) is 0 Å². The third kappa shape index (κ3) is 2.63. The fourth-order valence-corrected chi connectivity index (χ4v) is 2.15. The molecule has 1 aromatic heterocycles. The van der Waals surface area contributed by atoms with Crippen LogP contribution in [0.3, 0.4) is 0 Å². The molecule has 0 aliphatic carbocycles. The summed E-state index contributed by atoms with van der Waals surface area (Å²) < 4.78 is 0. The number of aliphatic hydroxyl groups excluding tert-OH is 1. The van der Waals surface area contributed by atoms with E-state index in [2.05, 4.69) is 10.3 Å². The van der Waals surface area contributed by atoms with E-state index in [9.17, 15) is 0 Å². The third-order valence-corrected chi connectivity index (χ3v) is 3.43. The molecule has 3 nitrogen and oxygen atoms in total. The van der Waals surface area contributed by atoms with Gasteiger partial charge in [0.25, 0.3) is 0 Å². The van der Waals surface area contributed by atoms with Crippen molar-refractivity contribution in [2.45, 2.75) is 25.9 Å². The lowest BCUT2D eigenvalue weighted by Crippen LogP contribution is -2.31. The van der Waals surface area contributed by atoms with Crippen LogP contribution < -0.4 is 5.32 Å². The van der Waals surface area contributed by atoms with Gasteiger partial charge in [-0.1, -0.05) is 36.7 Å². The molecule has 4 heteroatoms. The normalized spacial score (nSPS) is 13.1. The highest BCUT2D eigenvalue weighted by Crippen LogP contribution is 2.26. The van der Waals surface area contributed by atoms with E-state index >= 15 is 0 Å². The lowest BCUT2D eigenvalue weighted by Gasteiger charge is -2.13. The molecule has 0 radical (unpaired) electrons. The Hall–Kier alpha value is -1.03. The fourth-order valence-electron chi connectivity index (χ4n) is 1.87. The Morgan fingerprint density at radius 2 is 2.18 bits per heavy atom. The van der Waals surface area contributed by atoms with Crippen LogP contribution >= 0.6 is 11.6 Å². The monoisotopic (exact) mass is 252 g/mol. The second-order valence-electron chi connectivity index (χ2n) is 4.13. The molecule has 92 valence electrons. The van der Waals surface area contributed by atoms with E-state index in [1.165, 1.54) is 0 Å². The van der Waals surface area contributed by atoms with E-state index in [4.69, 9.17) is 16.7 Å². The first-order chi connectivity index (χ1) is 8.26. The molecule has 1 aromatic carbocycles. The fraction of sp³-hybridized carbons (Fsp3) is 0.385. The summed E-state index contributed by atoms with van der Waals surface area (Å²) in [7, 11) is 0. The summed E-state index contributed by atoms with van der Waals surface area (Å²) >= 11 is 6.29. The highest BCUT2D eigenvalue weighted by molar-refractivity contribution is 6.36. The molecule has 3 N–H and O–H groups in total. The summed E-state index contributed by atoms with van der Waals surface area (Å²) in [5, 5.41) is 14.2. The van der Waals surface area contributed by atoms with Gasteiger partial charge < -0.3 is 15.4 Å². The Morgan fingerprint density at radius 1 is 1.41 bits per heavy atom. The third-order valence-electron chi connectivity index (χ3n) is 2.99. The van der Waals surface area contributed by atoms with Crippen LogP contribution in [0.1, 0.15) is 19.0 Å². The van der Waals surface area contributed by atoms with E-state index < -0.39 is 0 Å². The number of aromatic amines is 1. The minimum Gasteiger partial charge on any atom is -0.395 e. The predicted octanol–water partition coefficient (Wildman–Crippen LogP) is 2.68. The minimum absolute atomic E-state index is 0.123. The molecule has 0 fully saturated rings. The molecule has 1 atom stereocenters. The maximum atomic E-state index is 9.11. The Morgan fingerprint density at radius 3 is 2.82 bits per heavy atom. The molecular weight excluding hydrogens is 236 g/mol. The smallest absolute Gasteiger partial charge is 0.0705 e. The molecule has 17 heavy (non-hydrogen) atoms. The van der Waals surface area contributed by atoms with E-state index in [0.717, 1.165) is 28.0 Å². The van der Waals surface area contributed by atoms with E-state index in [1.54, 1.807) is 0 Å². The number of aliphatic hydroxyl groups is 1. The van der Waals surface area contributed by atoms with Crippen LogP contribution in [0.2, 0.25) is 5.02 Å². The van der Waals surface area contributed by atoms with Crippen molar-refractivity contribution in [2.75, 3.05) is 6.61 Å². The molecule has 0 spiro atoms. The van der Waals surface area contributed by atoms with Crippen LogP contribution in [0.4, 0.5) is 0 Å². The zero-order valence-corrected chi connectivity index (χ0v) is 10.6. The number of rotatable bonds is 5. The van der Waals surface area contributed by atoms with Crippen molar-refractivity contribution in [3.63, 3.8) is 0 Å². The van der Waals surface area contributed by atoms with Crippen LogP contribution in [-0.2, 0) is 6.54 Å². The Labute approximate surface area is 106 Å². The largest absolute Gasteiger partial charge is 0.395 e. The first-order valence-electron chi connectivity index (χ1n) is 5.85. The molecular formula is C13H17ClN2O. The summed E-state index contributed by atoms with van der Waals surface area (Å²) in [6, 6.07) is 8.09. The first-order valence-corrected chi connectivity index (χ1v) is 6.23. The standard InChI is InChI=1S/C13H17ClN2O/c1-2-9(8-17)15-7-12-13(14)10-5-3-4-6-11(10)16-12/h3-6,9,15-17H,2,7-8H2,1H3/t9-/m1/s1. The lowest BCUT2D eigenvalue weighted by molar-refractivity contribution is 0.238. The maximum Gasteiger partial charge on any atom is 0.0705 e. The number of halogens is 1. The Bertz CT molecular complexity index is 491. The molecule has 0 bridgehead atoms. The van der Waals surface area contributed by atoms with Crippen molar-refractivity contribution < 1.29 is 5.11 Å². The number of aromatic nitrogens is 1. The van der Waals surface area contributed by atoms with Crippen molar-refractivity contribution in [3.05, 3.63) is 35.0 Å². The second kappa shape index (κ2) is 5.54. The van der Waals surface area contributed by atoms with Crippen LogP contribution in [0, 0.1) is 0 Å². The number of benzene rings is 1. The average molecular weight is 253 g/mol. The van der Waals surface area contributed by atoms with E-state index in [-0.39, 0.29) is 12.6 Å². The van der Waals surface area contributed by atoms with Gasteiger partial charge in [-0.3, -0.25) is 0 Å². The Balaban J connectivity index is 2.16. The quantitative estimate of drug-likeness (QED) is 0.766. The topological polar surface area (TPSA) is 48.0 Å². The zero-order valence-electron chi connectivity index (χ0n) is 9.83. The minimum atomic E-state index is 0.123. The summed E-state index contributed by atoms with van der Waals surface area (Å²) in [6.07, 6.45) is 0.897. The van der Waals surface area contributed by atoms with Gasteiger partial charge in [-0.2, -0.15) is 0 Å². The van der Waals surface area contributed by atoms with Gasteiger partial charge >= 0.3 is 0 Å². The van der Waals surface area contributed by atoms with Crippen molar-refractivity contribution in [3.8, 4) is 0 Å². The summed E-state index contributed by atoms with van der Waals surface area (Å²) in [5.74, 6) is 0. The summed E-state index contributed by atoms with van der Waals surface area (Å²) in [4.78, 5) is 3.29. The highest BCUT2D eigenvalue weighted by atomic mass is 35.5. The van der Waals surface area contributed by atoms with Gasteiger partial charge in [0.05, 0.1) is 11.6 Å². The molecule has 0 aliphatic heterocycles. The molecule has 1 heterocycles. The predicted molar refractivity (Wildman–Crippen MR) is 71.3 cm³/mol. The molecule has 2 aromatic rings. The Kier molecular flexibility index (Phi) is 4.05. The maximum absolute atomic E-state index is 9.11. The van der Waals surface area contributed by atoms with Gasteiger partial charge in [0.15, 0.2) is 0 Å². The molecule has 0 amide bonds. The van der Waals surface area contributed by atoms with Gasteiger partial charge in [0.1, 0.15) is 0 Å². The lowest BCUT2D eigenvalue weighted by atomic mass is 10.2. The molecule has 0 unspecified atom stereocenters. The number of nitrogens with one attached hydrogen (secondary N) is 2. The number of hydrogen-bond acceptors (Lipinski definition) is 2. The molecule has 0 aliphatic rings. The SMILES string of the molecule is CC[C@H](CO)NCc1[nH]c2ccccc2c1Cl.